The summed E-state index contributed by atoms with van der Waals surface area (Å²) in [6.45, 7) is 11.6. The summed E-state index contributed by atoms with van der Waals surface area (Å²) in [6.07, 6.45) is 0. The Kier molecular flexibility index (Phi) is 11.8. The first-order valence-electron chi connectivity index (χ1n) is 8.73. The quantitative estimate of drug-likeness (QED) is 0.307. The number of hydrogen-bond acceptors (Lipinski definition) is 7. The molecule has 9 heteroatoms. The van der Waals surface area contributed by atoms with E-state index in [4.69, 9.17) is 14.9 Å². The van der Waals surface area contributed by atoms with Crippen molar-refractivity contribution in [1.82, 2.24) is 14.7 Å². The molecule has 0 aliphatic rings. The summed E-state index contributed by atoms with van der Waals surface area (Å²) >= 11 is 0. The third kappa shape index (κ3) is 13.6. The van der Waals surface area contributed by atoms with Gasteiger partial charge in [-0.05, 0) is 12.0 Å². The van der Waals surface area contributed by atoms with Gasteiger partial charge in [0.25, 0.3) is 6.47 Å². The SMILES string of the molecule is CCN(CCN(CCN(CC(=O)O)CC(C)(C)C)COC=O)CC(=O)O. The molecule has 0 radical (unpaired) electrons. The average molecular weight is 375 g/mol. The van der Waals surface area contributed by atoms with Gasteiger partial charge in [-0.2, -0.15) is 0 Å². The molecule has 0 rings (SSSR count). The Morgan fingerprint density at radius 1 is 0.923 bits per heavy atom. The van der Waals surface area contributed by atoms with Crippen molar-refractivity contribution in [2.45, 2.75) is 27.7 Å². The lowest BCUT2D eigenvalue weighted by molar-refractivity contribution is -0.139. The van der Waals surface area contributed by atoms with Gasteiger partial charge in [0.2, 0.25) is 0 Å². The largest absolute Gasteiger partial charge is 0.480 e. The van der Waals surface area contributed by atoms with Crippen molar-refractivity contribution in [2.24, 2.45) is 5.41 Å². The molecule has 0 heterocycles. The van der Waals surface area contributed by atoms with Crippen LogP contribution in [0.3, 0.4) is 0 Å². The van der Waals surface area contributed by atoms with Gasteiger partial charge in [-0.3, -0.25) is 29.1 Å². The van der Waals surface area contributed by atoms with Gasteiger partial charge in [0.1, 0.15) is 6.73 Å². The highest BCUT2D eigenvalue weighted by Crippen LogP contribution is 2.15. The van der Waals surface area contributed by atoms with E-state index < -0.39 is 11.9 Å². The molecule has 0 aliphatic heterocycles. The molecule has 0 atom stereocenters. The van der Waals surface area contributed by atoms with E-state index in [0.29, 0.717) is 45.7 Å². The van der Waals surface area contributed by atoms with Gasteiger partial charge in [0.05, 0.1) is 13.1 Å². The van der Waals surface area contributed by atoms with E-state index in [1.807, 2.05) is 37.5 Å². The maximum absolute atomic E-state index is 11.1. The third-order valence-corrected chi connectivity index (χ3v) is 3.65. The molecule has 0 saturated carbocycles. The maximum Gasteiger partial charge on any atom is 0.317 e. The number of carbonyl (C=O) groups excluding carboxylic acids is 1. The van der Waals surface area contributed by atoms with Crippen LogP contribution < -0.4 is 0 Å². The lowest BCUT2D eigenvalue weighted by Gasteiger charge is -2.31. The minimum atomic E-state index is -0.889. The summed E-state index contributed by atoms with van der Waals surface area (Å²) in [4.78, 5) is 37.9. The van der Waals surface area contributed by atoms with Gasteiger partial charge in [-0.1, -0.05) is 27.7 Å². The molecule has 0 unspecified atom stereocenters. The number of rotatable bonds is 15. The minimum Gasteiger partial charge on any atom is -0.480 e. The van der Waals surface area contributed by atoms with Crippen molar-refractivity contribution in [3.63, 3.8) is 0 Å². The Labute approximate surface area is 155 Å². The smallest absolute Gasteiger partial charge is 0.317 e. The van der Waals surface area contributed by atoms with Gasteiger partial charge in [-0.25, -0.2) is 0 Å². The fourth-order valence-corrected chi connectivity index (χ4v) is 2.56. The van der Waals surface area contributed by atoms with E-state index >= 15 is 0 Å². The number of aliphatic carboxylic acids is 2. The molecule has 152 valence electrons. The lowest BCUT2D eigenvalue weighted by atomic mass is 9.96. The molecule has 9 nitrogen and oxygen atoms in total. The zero-order valence-corrected chi connectivity index (χ0v) is 16.3. The van der Waals surface area contributed by atoms with Crippen LogP contribution in [0.25, 0.3) is 0 Å². The molecule has 0 spiro atoms. The molecular weight excluding hydrogens is 342 g/mol. The molecule has 2 N–H and O–H groups in total. The van der Waals surface area contributed by atoms with Crippen molar-refractivity contribution in [3.8, 4) is 0 Å². The zero-order valence-electron chi connectivity index (χ0n) is 16.3. The van der Waals surface area contributed by atoms with Crippen LogP contribution in [0.1, 0.15) is 27.7 Å². The first-order valence-corrected chi connectivity index (χ1v) is 8.73. The number of nitrogens with zero attached hydrogens (tertiary/aromatic N) is 3. The molecular formula is C17H33N3O6. The number of likely N-dealkylation sites (N-methyl/N-ethyl adjacent to an activating group) is 1. The predicted octanol–water partition coefficient (Wildman–Crippen LogP) is 0.258. The fraction of sp³-hybridized carbons (Fsp3) is 0.824. The van der Waals surface area contributed by atoms with E-state index in [-0.39, 0.29) is 25.2 Å². The van der Waals surface area contributed by atoms with Crippen LogP contribution in [0.4, 0.5) is 0 Å². The van der Waals surface area contributed by atoms with Crippen LogP contribution in [-0.4, -0.2) is 102 Å². The number of ether oxygens (including phenoxy) is 1. The second-order valence-electron chi connectivity index (χ2n) is 7.44. The highest BCUT2D eigenvalue weighted by Gasteiger charge is 2.20. The van der Waals surface area contributed by atoms with Crippen LogP contribution >= 0.6 is 0 Å². The van der Waals surface area contributed by atoms with Crippen LogP contribution in [0.5, 0.6) is 0 Å². The molecule has 0 fully saturated rings. The number of carbonyl (C=O) groups is 3. The Hall–Kier alpha value is -1.71. The highest BCUT2D eigenvalue weighted by atomic mass is 16.5. The summed E-state index contributed by atoms with van der Waals surface area (Å²) in [5, 5.41) is 18.0. The van der Waals surface area contributed by atoms with Crippen LogP contribution in [0.2, 0.25) is 0 Å². The summed E-state index contributed by atoms with van der Waals surface area (Å²) in [6, 6.07) is 0. The average Bonchev–Trinajstić information content (AvgIpc) is 2.50. The van der Waals surface area contributed by atoms with Crippen molar-refractivity contribution in [1.29, 1.82) is 0 Å². The first kappa shape index (κ1) is 24.3. The van der Waals surface area contributed by atoms with E-state index in [0.717, 1.165) is 0 Å². The molecule has 0 aliphatic carbocycles. The van der Waals surface area contributed by atoms with Gasteiger partial charge in [0, 0.05) is 32.7 Å². The van der Waals surface area contributed by atoms with Crippen LogP contribution in [-0.2, 0) is 19.1 Å². The van der Waals surface area contributed by atoms with E-state index in [9.17, 15) is 14.4 Å². The highest BCUT2D eigenvalue weighted by molar-refractivity contribution is 5.69. The summed E-state index contributed by atoms with van der Waals surface area (Å²) < 4.78 is 4.83. The predicted molar refractivity (Wildman–Crippen MR) is 96.9 cm³/mol. The van der Waals surface area contributed by atoms with E-state index in [1.165, 1.54) is 0 Å². The Bertz CT molecular complexity index is 439. The summed E-state index contributed by atoms with van der Waals surface area (Å²) in [7, 11) is 0. The van der Waals surface area contributed by atoms with Crippen LogP contribution in [0, 0.1) is 5.41 Å². The third-order valence-electron chi connectivity index (χ3n) is 3.65. The van der Waals surface area contributed by atoms with E-state index in [2.05, 4.69) is 0 Å². The minimum absolute atomic E-state index is 0.0416. The van der Waals surface area contributed by atoms with Gasteiger partial charge in [0.15, 0.2) is 0 Å². The first-order chi connectivity index (χ1) is 12.1. The molecule has 0 aromatic rings. The van der Waals surface area contributed by atoms with Gasteiger partial charge in [-0.15, -0.1) is 0 Å². The molecule has 0 saturated heterocycles. The van der Waals surface area contributed by atoms with E-state index in [1.54, 1.807) is 4.90 Å². The molecule has 26 heavy (non-hydrogen) atoms. The molecule has 0 aromatic heterocycles. The fourth-order valence-electron chi connectivity index (χ4n) is 2.56. The van der Waals surface area contributed by atoms with Crippen molar-refractivity contribution in [3.05, 3.63) is 0 Å². The lowest BCUT2D eigenvalue weighted by Crippen LogP contribution is -2.44. The summed E-state index contributed by atoms with van der Waals surface area (Å²) in [5.41, 5.74) is -0.0416. The molecule has 0 bridgehead atoms. The number of hydrogen-bond donors (Lipinski definition) is 2. The van der Waals surface area contributed by atoms with Crippen molar-refractivity contribution >= 4 is 18.4 Å². The van der Waals surface area contributed by atoms with Gasteiger partial charge < -0.3 is 14.9 Å². The number of carboxylic acids is 2. The van der Waals surface area contributed by atoms with Crippen molar-refractivity contribution < 1.29 is 29.3 Å². The normalized spacial score (nSPS) is 12.0. The maximum atomic E-state index is 11.1. The molecule has 0 aromatic carbocycles. The van der Waals surface area contributed by atoms with Gasteiger partial charge >= 0.3 is 11.9 Å². The monoisotopic (exact) mass is 375 g/mol. The standard InChI is InChI=1S/C17H33N3O6/c1-5-18(10-15(22)23)6-7-19(13-26-14-21)8-9-20(11-16(24)25)12-17(2,3)4/h14H,5-13H2,1-4H3,(H,22,23)(H,24,25). The molecule has 0 amide bonds. The zero-order chi connectivity index (χ0) is 20.2. The topological polar surface area (TPSA) is 111 Å². The Balaban J connectivity index is 4.70. The Morgan fingerprint density at radius 2 is 1.38 bits per heavy atom. The number of carboxylic acid groups (broad SMARTS) is 2. The summed E-state index contributed by atoms with van der Waals surface area (Å²) in [5.74, 6) is -1.77. The second kappa shape index (κ2) is 12.6. The van der Waals surface area contributed by atoms with Crippen molar-refractivity contribution in [2.75, 3.05) is 59.1 Å². The van der Waals surface area contributed by atoms with Crippen LogP contribution in [0.15, 0.2) is 0 Å². The second-order valence-corrected chi connectivity index (χ2v) is 7.44. The Morgan fingerprint density at radius 3 is 1.81 bits per heavy atom.